The van der Waals surface area contributed by atoms with Crippen LogP contribution in [0.2, 0.25) is 0 Å². The summed E-state index contributed by atoms with van der Waals surface area (Å²) in [4.78, 5) is 12.3. The highest BCUT2D eigenvalue weighted by atomic mass is 16.7. The van der Waals surface area contributed by atoms with Crippen LogP contribution in [0.1, 0.15) is 36.5 Å². The summed E-state index contributed by atoms with van der Waals surface area (Å²) < 4.78 is 10.5. The summed E-state index contributed by atoms with van der Waals surface area (Å²) >= 11 is 0. The van der Waals surface area contributed by atoms with Crippen molar-refractivity contribution in [1.82, 2.24) is 10.2 Å². The molecule has 126 valence electrons. The summed E-state index contributed by atoms with van der Waals surface area (Å²) in [6, 6.07) is 8.56. The quantitative estimate of drug-likeness (QED) is 0.760. The number of hydrogen-bond donors (Lipinski definition) is 2. The Morgan fingerprint density at radius 2 is 1.88 bits per heavy atom. The molecule has 1 aliphatic rings. The number of carbonyl (C=O) groups is 1. The van der Waals surface area contributed by atoms with E-state index in [1.165, 1.54) is 12.8 Å². The fraction of sp³-hybridized carbons (Fsp3) is 0.353. The first-order chi connectivity index (χ1) is 11.8. The molecule has 0 unspecified atom stereocenters. The van der Waals surface area contributed by atoms with Gasteiger partial charge in [0, 0.05) is 12.1 Å². The van der Waals surface area contributed by atoms with Gasteiger partial charge in [-0.25, -0.2) is 0 Å². The average Bonchev–Trinajstić information content (AvgIpc) is 3.08. The van der Waals surface area contributed by atoms with Crippen molar-refractivity contribution in [1.29, 1.82) is 0 Å². The number of amides is 1. The van der Waals surface area contributed by atoms with E-state index in [1.54, 1.807) is 30.3 Å². The van der Waals surface area contributed by atoms with E-state index in [-0.39, 0.29) is 12.7 Å². The molecular formula is C17H20N4O3. The van der Waals surface area contributed by atoms with Crippen LogP contribution >= 0.6 is 0 Å². The van der Waals surface area contributed by atoms with Gasteiger partial charge in [0.15, 0.2) is 17.3 Å². The van der Waals surface area contributed by atoms with Gasteiger partial charge in [-0.1, -0.05) is 19.8 Å². The van der Waals surface area contributed by atoms with Crippen molar-refractivity contribution in [3.63, 3.8) is 0 Å². The number of ether oxygens (including phenoxy) is 2. The monoisotopic (exact) mass is 328 g/mol. The van der Waals surface area contributed by atoms with Crippen molar-refractivity contribution >= 4 is 17.5 Å². The molecule has 0 bridgehead atoms. The van der Waals surface area contributed by atoms with Crippen LogP contribution in [0.25, 0.3) is 0 Å². The number of unbranched alkanes of at least 4 members (excludes halogenated alkanes) is 2. The summed E-state index contributed by atoms with van der Waals surface area (Å²) in [7, 11) is 0. The third kappa shape index (κ3) is 3.92. The predicted octanol–water partition coefficient (Wildman–Crippen LogP) is 3.06. The van der Waals surface area contributed by atoms with E-state index in [0.29, 0.717) is 28.7 Å². The summed E-state index contributed by atoms with van der Waals surface area (Å²) in [5, 5.41) is 14.0. The highest BCUT2D eigenvalue weighted by Crippen LogP contribution is 2.32. The van der Waals surface area contributed by atoms with Crippen molar-refractivity contribution in [2.75, 3.05) is 24.0 Å². The second kappa shape index (κ2) is 7.63. The van der Waals surface area contributed by atoms with Crippen molar-refractivity contribution in [2.24, 2.45) is 0 Å². The molecule has 0 spiro atoms. The van der Waals surface area contributed by atoms with Gasteiger partial charge in [0.25, 0.3) is 5.91 Å². The molecule has 24 heavy (non-hydrogen) atoms. The Morgan fingerprint density at radius 1 is 1.08 bits per heavy atom. The first kappa shape index (κ1) is 16.0. The number of carbonyl (C=O) groups excluding carboxylic acids is 1. The Kier molecular flexibility index (Phi) is 5.10. The highest BCUT2D eigenvalue weighted by molar-refractivity contribution is 6.04. The molecule has 1 aromatic heterocycles. The number of fused-ring (bicyclic) bond motifs is 1. The lowest BCUT2D eigenvalue weighted by atomic mass is 10.2. The molecule has 3 rings (SSSR count). The molecule has 1 amide bonds. The van der Waals surface area contributed by atoms with Gasteiger partial charge in [-0.05, 0) is 36.8 Å². The van der Waals surface area contributed by atoms with E-state index < -0.39 is 0 Å². The van der Waals surface area contributed by atoms with Gasteiger partial charge < -0.3 is 20.1 Å². The van der Waals surface area contributed by atoms with Crippen LogP contribution < -0.4 is 20.1 Å². The van der Waals surface area contributed by atoms with Crippen molar-refractivity contribution in [3.05, 3.63) is 35.9 Å². The normalized spacial score (nSPS) is 12.0. The minimum absolute atomic E-state index is 0.179. The topological polar surface area (TPSA) is 85.4 Å². The zero-order chi connectivity index (χ0) is 16.8. The lowest BCUT2D eigenvalue weighted by molar-refractivity contribution is 0.102. The SMILES string of the molecule is CCCCCNc1ccc(NC(=O)c2ccc3c(c2)OCO3)nn1. The first-order valence-corrected chi connectivity index (χ1v) is 8.05. The fourth-order valence-electron chi connectivity index (χ4n) is 2.31. The van der Waals surface area contributed by atoms with Crippen LogP contribution in [-0.4, -0.2) is 29.4 Å². The van der Waals surface area contributed by atoms with Crippen LogP contribution in [0.5, 0.6) is 11.5 Å². The molecule has 2 N–H and O–H groups in total. The maximum Gasteiger partial charge on any atom is 0.257 e. The number of hydrogen-bond acceptors (Lipinski definition) is 6. The number of benzene rings is 1. The molecule has 2 heterocycles. The van der Waals surface area contributed by atoms with Crippen LogP contribution in [0.4, 0.5) is 11.6 Å². The van der Waals surface area contributed by atoms with Crippen molar-refractivity contribution < 1.29 is 14.3 Å². The van der Waals surface area contributed by atoms with Crippen molar-refractivity contribution in [2.45, 2.75) is 26.2 Å². The Morgan fingerprint density at radius 3 is 2.67 bits per heavy atom. The molecule has 0 aliphatic carbocycles. The van der Waals surface area contributed by atoms with Crippen LogP contribution in [0.3, 0.4) is 0 Å². The van der Waals surface area contributed by atoms with Crippen molar-refractivity contribution in [3.8, 4) is 11.5 Å². The standard InChI is InChI=1S/C17H20N4O3/c1-2-3-4-9-18-15-7-8-16(21-20-15)19-17(22)12-5-6-13-14(10-12)24-11-23-13/h5-8,10H,2-4,9,11H2,1H3,(H,18,20)(H,19,21,22). The minimum Gasteiger partial charge on any atom is -0.454 e. The zero-order valence-electron chi connectivity index (χ0n) is 13.5. The maximum absolute atomic E-state index is 12.3. The number of anilines is 2. The fourth-order valence-corrected chi connectivity index (χ4v) is 2.31. The smallest absolute Gasteiger partial charge is 0.257 e. The summed E-state index contributed by atoms with van der Waals surface area (Å²) in [6.07, 6.45) is 3.46. The second-order valence-electron chi connectivity index (χ2n) is 5.46. The van der Waals surface area contributed by atoms with E-state index >= 15 is 0 Å². The summed E-state index contributed by atoms with van der Waals surface area (Å²) in [5.74, 6) is 2.04. The predicted molar refractivity (Wildman–Crippen MR) is 90.6 cm³/mol. The molecule has 0 atom stereocenters. The Bertz CT molecular complexity index is 703. The molecule has 0 saturated heterocycles. The molecule has 2 aromatic rings. The first-order valence-electron chi connectivity index (χ1n) is 8.05. The lowest BCUT2D eigenvalue weighted by Crippen LogP contribution is -2.13. The number of nitrogens with zero attached hydrogens (tertiary/aromatic N) is 2. The molecule has 0 radical (unpaired) electrons. The molecule has 7 nitrogen and oxygen atoms in total. The maximum atomic E-state index is 12.3. The van der Waals surface area contributed by atoms with E-state index in [2.05, 4.69) is 27.8 Å². The largest absolute Gasteiger partial charge is 0.454 e. The summed E-state index contributed by atoms with van der Waals surface area (Å²) in [5.41, 5.74) is 0.475. The van der Waals surface area contributed by atoms with E-state index in [1.807, 2.05) is 0 Å². The van der Waals surface area contributed by atoms with Crippen LogP contribution in [-0.2, 0) is 0 Å². The van der Waals surface area contributed by atoms with Crippen LogP contribution in [0, 0.1) is 0 Å². The van der Waals surface area contributed by atoms with Gasteiger partial charge in [0.1, 0.15) is 5.82 Å². The van der Waals surface area contributed by atoms with Gasteiger partial charge in [-0.15, -0.1) is 10.2 Å². The Hall–Kier alpha value is -2.83. The van der Waals surface area contributed by atoms with Gasteiger partial charge >= 0.3 is 0 Å². The molecule has 1 aliphatic heterocycles. The Balaban J connectivity index is 1.56. The van der Waals surface area contributed by atoms with Gasteiger partial charge in [-0.3, -0.25) is 4.79 Å². The number of rotatable bonds is 7. The molecule has 0 saturated carbocycles. The Labute approximate surface area is 140 Å². The minimum atomic E-state index is -0.272. The zero-order valence-corrected chi connectivity index (χ0v) is 13.5. The van der Waals surface area contributed by atoms with Crippen LogP contribution in [0.15, 0.2) is 30.3 Å². The lowest BCUT2D eigenvalue weighted by Gasteiger charge is -2.07. The van der Waals surface area contributed by atoms with Gasteiger partial charge in [0.2, 0.25) is 6.79 Å². The molecule has 7 heteroatoms. The summed E-state index contributed by atoms with van der Waals surface area (Å²) in [6.45, 7) is 3.21. The third-order valence-electron chi connectivity index (χ3n) is 3.63. The molecule has 0 fully saturated rings. The van der Waals surface area contributed by atoms with E-state index in [4.69, 9.17) is 9.47 Å². The van der Waals surface area contributed by atoms with Gasteiger partial charge in [0.05, 0.1) is 0 Å². The molecule has 1 aromatic carbocycles. The third-order valence-corrected chi connectivity index (χ3v) is 3.63. The number of aromatic nitrogens is 2. The van der Waals surface area contributed by atoms with E-state index in [0.717, 1.165) is 13.0 Å². The highest BCUT2D eigenvalue weighted by Gasteiger charge is 2.16. The number of nitrogens with one attached hydrogen (secondary N) is 2. The second-order valence-corrected chi connectivity index (χ2v) is 5.46. The van der Waals surface area contributed by atoms with E-state index in [9.17, 15) is 4.79 Å². The van der Waals surface area contributed by atoms with Gasteiger partial charge in [-0.2, -0.15) is 0 Å². The average molecular weight is 328 g/mol. The molecular weight excluding hydrogens is 308 g/mol.